The maximum Gasteiger partial charge on any atom is 0.239 e. The Morgan fingerprint density at radius 3 is 2.85 bits per heavy atom. The number of benzene rings is 1. The average Bonchev–Trinajstić information content (AvgIpc) is 2.42. The Bertz CT molecular complexity index is 525. The molecule has 0 aromatic heterocycles. The Balaban J connectivity index is 2.21. The first-order valence-electron chi connectivity index (χ1n) is 6.20. The van der Waals surface area contributed by atoms with Crippen LogP contribution >= 0.6 is 23.2 Å². The van der Waals surface area contributed by atoms with E-state index < -0.39 is 18.0 Å². The number of carbonyl (C=O) groups is 1. The van der Waals surface area contributed by atoms with E-state index in [0.29, 0.717) is 30.3 Å². The summed E-state index contributed by atoms with van der Waals surface area (Å²) >= 11 is 11.7. The molecule has 1 amide bonds. The summed E-state index contributed by atoms with van der Waals surface area (Å²) in [6, 6.07) is 2.00. The van der Waals surface area contributed by atoms with Gasteiger partial charge in [0.1, 0.15) is 11.9 Å². The number of nitrogens with zero attached hydrogens (tertiary/aromatic N) is 1. The first-order chi connectivity index (χ1) is 9.40. The van der Waals surface area contributed by atoms with Gasteiger partial charge in [0.05, 0.1) is 24.2 Å². The molecule has 110 valence electrons. The van der Waals surface area contributed by atoms with Crippen LogP contribution in [-0.2, 0) is 9.53 Å². The van der Waals surface area contributed by atoms with Crippen LogP contribution in [0.2, 0.25) is 10.0 Å². The molecule has 1 saturated heterocycles. The molecule has 4 nitrogen and oxygen atoms in total. The highest BCUT2D eigenvalue weighted by Gasteiger charge is 2.28. The van der Waals surface area contributed by atoms with Crippen molar-refractivity contribution in [1.82, 2.24) is 4.90 Å². The molecule has 1 aliphatic heterocycles. The van der Waals surface area contributed by atoms with Crippen molar-refractivity contribution in [3.8, 4) is 0 Å². The van der Waals surface area contributed by atoms with Gasteiger partial charge >= 0.3 is 0 Å². The van der Waals surface area contributed by atoms with Gasteiger partial charge in [-0.15, -0.1) is 0 Å². The standard InChI is InChI=1S/C13H15Cl2FN2O2/c1-7(17)13(19)18-2-3-20-12(6-18)8-4-11(16)10(15)5-9(8)14/h4-5,7,12H,2-3,6,17H2,1H3/t7-,12?/m0/s1. The summed E-state index contributed by atoms with van der Waals surface area (Å²) in [4.78, 5) is 13.5. The van der Waals surface area contributed by atoms with Crippen LogP contribution in [0.4, 0.5) is 4.39 Å². The third kappa shape index (κ3) is 3.23. The maximum absolute atomic E-state index is 13.6. The topological polar surface area (TPSA) is 55.6 Å². The zero-order valence-electron chi connectivity index (χ0n) is 10.9. The normalized spacial score (nSPS) is 20.9. The van der Waals surface area contributed by atoms with E-state index >= 15 is 0 Å². The first-order valence-corrected chi connectivity index (χ1v) is 6.96. The minimum atomic E-state index is -0.578. The van der Waals surface area contributed by atoms with Gasteiger partial charge in [-0.2, -0.15) is 0 Å². The zero-order chi connectivity index (χ0) is 14.9. The van der Waals surface area contributed by atoms with Gasteiger partial charge in [-0.1, -0.05) is 23.2 Å². The van der Waals surface area contributed by atoms with Gasteiger partial charge in [0, 0.05) is 17.1 Å². The molecule has 20 heavy (non-hydrogen) atoms. The number of carbonyl (C=O) groups excluding carboxylic acids is 1. The van der Waals surface area contributed by atoms with Crippen molar-refractivity contribution >= 4 is 29.1 Å². The van der Waals surface area contributed by atoms with E-state index in [1.165, 1.54) is 12.1 Å². The lowest BCUT2D eigenvalue weighted by Crippen LogP contribution is -2.48. The van der Waals surface area contributed by atoms with Crippen molar-refractivity contribution in [2.24, 2.45) is 5.73 Å². The van der Waals surface area contributed by atoms with Gasteiger partial charge in [-0.05, 0) is 19.1 Å². The molecule has 0 bridgehead atoms. The maximum atomic E-state index is 13.6. The van der Waals surface area contributed by atoms with Gasteiger partial charge < -0.3 is 15.4 Å². The monoisotopic (exact) mass is 320 g/mol. The van der Waals surface area contributed by atoms with Gasteiger partial charge in [0.15, 0.2) is 0 Å². The van der Waals surface area contributed by atoms with Crippen LogP contribution < -0.4 is 5.73 Å². The van der Waals surface area contributed by atoms with E-state index in [1.807, 2.05) is 0 Å². The van der Waals surface area contributed by atoms with Crippen molar-refractivity contribution in [3.05, 3.63) is 33.6 Å². The Kier molecular flexibility index (Phi) is 4.86. The molecular formula is C13H15Cl2FN2O2. The largest absolute Gasteiger partial charge is 0.370 e. The molecule has 2 atom stereocenters. The highest BCUT2D eigenvalue weighted by Crippen LogP contribution is 2.32. The van der Waals surface area contributed by atoms with Crippen LogP contribution in [0, 0.1) is 5.82 Å². The van der Waals surface area contributed by atoms with E-state index in [-0.39, 0.29) is 10.9 Å². The number of morpholine rings is 1. The molecule has 1 aromatic rings. The molecule has 0 aliphatic carbocycles. The van der Waals surface area contributed by atoms with Gasteiger partial charge in [0.2, 0.25) is 5.91 Å². The smallest absolute Gasteiger partial charge is 0.239 e. The van der Waals surface area contributed by atoms with E-state index in [2.05, 4.69) is 0 Å². The number of nitrogens with two attached hydrogens (primary N) is 1. The second-order valence-electron chi connectivity index (χ2n) is 4.72. The van der Waals surface area contributed by atoms with E-state index in [1.54, 1.807) is 11.8 Å². The summed E-state index contributed by atoms with van der Waals surface area (Å²) in [6.07, 6.45) is -0.481. The van der Waals surface area contributed by atoms with E-state index in [0.717, 1.165) is 0 Å². The third-order valence-electron chi connectivity index (χ3n) is 3.15. The summed E-state index contributed by atoms with van der Waals surface area (Å²) in [7, 11) is 0. The lowest BCUT2D eigenvalue weighted by molar-refractivity contribution is -0.140. The SMILES string of the molecule is C[C@H](N)C(=O)N1CCOC(c2cc(F)c(Cl)cc2Cl)C1. The average molecular weight is 321 g/mol. The number of ether oxygens (including phenoxy) is 1. The minimum absolute atomic E-state index is 0.0435. The summed E-state index contributed by atoms with van der Waals surface area (Å²) < 4.78 is 19.1. The van der Waals surface area contributed by atoms with Gasteiger partial charge in [-0.3, -0.25) is 4.79 Å². The molecule has 7 heteroatoms. The van der Waals surface area contributed by atoms with Crippen molar-refractivity contribution in [2.45, 2.75) is 19.1 Å². The number of rotatable bonds is 2. The molecule has 1 aromatic carbocycles. The molecule has 0 saturated carbocycles. The van der Waals surface area contributed by atoms with Crippen LogP contribution in [0.5, 0.6) is 0 Å². The van der Waals surface area contributed by atoms with E-state index in [4.69, 9.17) is 33.7 Å². The fourth-order valence-corrected chi connectivity index (χ4v) is 2.62. The Morgan fingerprint density at radius 1 is 1.50 bits per heavy atom. The van der Waals surface area contributed by atoms with Crippen molar-refractivity contribution in [3.63, 3.8) is 0 Å². The molecule has 2 rings (SSSR count). The predicted octanol–water partition coefficient (Wildman–Crippen LogP) is 2.38. The highest BCUT2D eigenvalue weighted by atomic mass is 35.5. The van der Waals surface area contributed by atoms with Crippen LogP contribution in [-0.4, -0.2) is 36.5 Å². The quantitative estimate of drug-likeness (QED) is 0.851. The van der Waals surface area contributed by atoms with E-state index in [9.17, 15) is 9.18 Å². The van der Waals surface area contributed by atoms with Crippen LogP contribution in [0.15, 0.2) is 12.1 Å². The molecule has 1 heterocycles. The molecule has 0 spiro atoms. The lowest BCUT2D eigenvalue weighted by atomic mass is 10.1. The Labute approximate surface area is 126 Å². The zero-order valence-corrected chi connectivity index (χ0v) is 12.4. The number of halogens is 3. The Morgan fingerprint density at radius 2 is 2.20 bits per heavy atom. The summed E-state index contributed by atoms with van der Waals surface area (Å²) in [5.74, 6) is -0.728. The fourth-order valence-electron chi connectivity index (χ4n) is 2.11. The second kappa shape index (κ2) is 6.26. The predicted molar refractivity (Wildman–Crippen MR) is 75.3 cm³/mol. The highest BCUT2D eigenvalue weighted by molar-refractivity contribution is 6.35. The molecule has 1 fully saturated rings. The van der Waals surface area contributed by atoms with Crippen molar-refractivity contribution < 1.29 is 13.9 Å². The summed E-state index contributed by atoms with van der Waals surface area (Å²) in [6.45, 7) is 2.73. The van der Waals surface area contributed by atoms with Gasteiger partial charge in [-0.25, -0.2) is 4.39 Å². The number of amides is 1. The van der Waals surface area contributed by atoms with Crippen LogP contribution in [0.25, 0.3) is 0 Å². The van der Waals surface area contributed by atoms with Gasteiger partial charge in [0.25, 0.3) is 0 Å². The minimum Gasteiger partial charge on any atom is -0.370 e. The lowest BCUT2D eigenvalue weighted by Gasteiger charge is -2.34. The van der Waals surface area contributed by atoms with Crippen LogP contribution in [0.3, 0.4) is 0 Å². The van der Waals surface area contributed by atoms with Crippen molar-refractivity contribution in [1.29, 1.82) is 0 Å². The van der Waals surface area contributed by atoms with Crippen molar-refractivity contribution in [2.75, 3.05) is 19.7 Å². The molecule has 1 aliphatic rings. The first kappa shape index (κ1) is 15.5. The second-order valence-corrected chi connectivity index (χ2v) is 5.53. The number of hydrogen-bond acceptors (Lipinski definition) is 3. The molecular weight excluding hydrogens is 306 g/mol. The third-order valence-corrected chi connectivity index (χ3v) is 3.77. The number of hydrogen-bond donors (Lipinski definition) is 1. The molecule has 0 radical (unpaired) electrons. The summed E-state index contributed by atoms with van der Waals surface area (Å²) in [5, 5.41) is 0.273. The molecule has 1 unspecified atom stereocenters. The van der Waals surface area contributed by atoms with Crippen LogP contribution in [0.1, 0.15) is 18.6 Å². The summed E-state index contributed by atoms with van der Waals surface area (Å²) in [5.41, 5.74) is 6.07. The fraction of sp³-hybridized carbons (Fsp3) is 0.462. The Hall–Kier alpha value is -0.880. The molecule has 2 N–H and O–H groups in total.